The van der Waals surface area contributed by atoms with Gasteiger partial charge in [-0.25, -0.2) is 0 Å². The second kappa shape index (κ2) is 7.29. The topological polar surface area (TPSA) is 61.4 Å². The average Bonchev–Trinajstić information content (AvgIpc) is 3.35. The molecule has 2 aliphatic carbocycles. The van der Waals surface area contributed by atoms with Crippen molar-refractivity contribution in [2.45, 2.75) is 63.8 Å². The molecule has 3 aliphatic rings. The van der Waals surface area contributed by atoms with Gasteiger partial charge in [-0.1, -0.05) is 12.8 Å². The van der Waals surface area contributed by atoms with Crippen LogP contribution in [0.25, 0.3) is 0 Å². The fourth-order valence-electron chi connectivity index (χ4n) is 4.23. The van der Waals surface area contributed by atoms with Gasteiger partial charge in [0.2, 0.25) is 11.8 Å². The van der Waals surface area contributed by atoms with Crippen LogP contribution in [0, 0.1) is 5.41 Å². The number of nitrogens with one attached hydrogen (secondary N) is 2. The van der Waals surface area contributed by atoms with Crippen LogP contribution < -0.4 is 15.5 Å². The Labute approximate surface area is 155 Å². The van der Waals surface area contributed by atoms with E-state index in [0.717, 1.165) is 31.6 Å². The molecule has 1 heterocycles. The predicted molar refractivity (Wildman–Crippen MR) is 103 cm³/mol. The van der Waals surface area contributed by atoms with Crippen LogP contribution in [-0.2, 0) is 9.59 Å². The minimum atomic E-state index is -0.839. The summed E-state index contributed by atoms with van der Waals surface area (Å²) in [6.45, 7) is 2.21. The third kappa shape index (κ3) is 3.57. The minimum Gasteiger partial charge on any atom is -0.372 e. The smallest absolute Gasteiger partial charge is 0.240 e. The summed E-state index contributed by atoms with van der Waals surface area (Å²) in [5.74, 6) is -0.231. The SMILES string of the molecule is O=C(Nc1ccc(N2CCCCC2)cc1)C1(C(=O)NC2CCCC2)CC1. The zero-order valence-electron chi connectivity index (χ0n) is 15.4. The monoisotopic (exact) mass is 355 g/mol. The molecule has 5 heteroatoms. The maximum atomic E-state index is 12.7. The Kier molecular flexibility index (Phi) is 4.88. The number of anilines is 2. The molecule has 26 heavy (non-hydrogen) atoms. The van der Waals surface area contributed by atoms with Gasteiger partial charge in [0.05, 0.1) is 0 Å². The van der Waals surface area contributed by atoms with E-state index in [0.29, 0.717) is 12.8 Å². The van der Waals surface area contributed by atoms with Gasteiger partial charge in [-0.3, -0.25) is 9.59 Å². The van der Waals surface area contributed by atoms with E-state index in [4.69, 9.17) is 0 Å². The molecule has 0 aromatic heterocycles. The molecular formula is C21H29N3O2. The van der Waals surface area contributed by atoms with Crippen LogP contribution in [0.2, 0.25) is 0 Å². The number of nitrogens with zero attached hydrogens (tertiary/aromatic N) is 1. The molecule has 140 valence electrons. The van der Waals surface area contributed by atoms with Gasteiger partial charge in [-0.05, 0) is 69.2 Å². The summed E-state index contributed by atoms with van der Waals surface area (Å²) in [6, 6.07) is 8.30. The molecule has 4 rings (SSSR count). The van der Waals surface area contributed by atoms with E-state index >= 15 is 0 Å². The summed E-state index contributed by atoms with van der Waals surface area (Å²) in [7, 11) is 0. The molecule has 0 spiro atoms. The Morgan fingerprint density at radius 3 is 2.15 bits per heavy atom. The van der Waals surface area contributed by atoms with Crippen molar-refractivity contribution in [1.29, 1.82) is 0 Å². The van der Waals surface area contributed by atoms with E-state index in [1.807, 2.05) is 12.1 Å². The molecule has 1 aliphatic heterocycles. The van der Waals surface area contributed by atoms with Gasteiger partial charge < -0.3 is 15.5 Å². The van der Waals surface area contributed by atoms with Gasteiger partial charge in [0.25, 0.3) is 0 Å². The van der Waals surface area contributed by atoms with Gasteiger partial charge in [-0.2, -0.15) is 0 Å². The van der Waals surface area contributed by atoms with Crippen LogP contribution in [0.3, 0.4) is 0 Å². The Balaban J connectivity index is 1.35. The van der Waals surface area contributed by atoms with Crippen molar-refractivity contribution in [3.05, 3.63) is 24.3 Å². The summed E-state index contributed by atoms with van der Waals surface area (Å²) < 4.78 is 0. The van der Waals surface area contributed by atoms with Crippen molar-refractivity contribution in [3.63, 3.8) is 0 Å². The highest BCUT2D eigenvalue weighted by atomic mass is 16.2. The molecule has 1 saturated heterocycles. The lowest BCUT2D eigenvalue weighted by Gasteiger charge is -2.29. The van der Waals surface area contributed by atoms with Gasteiger partial charge in [0.15, 0.2) is 0 Å². The third-order valence-electron chi connectivity index (χ3n) is 6.16. The first-order chi connectivity index (χ1) is 12.7. The lowest BCUT2D eigenvalue weighted by atomic mass is 10.0. The van der Waals surface area contributed by atoms with Crippen molar-refractivity contribution in [1.82, 2.24) is 5.32 Å². The molecule has 3 fully saturated rings. The normalized spacial score (nSPS) is 22.1. The Morgan fingerprint density at radius 1 is 0.885 bits per heavy atom. The van der Waals surface area contributed by atoms with Gasteiger partial charge in [0.1, 0.15) is 5.41 Å². The van der Waals surface area contributed by atoms with Gasteiger partial charge in [-0.15, -0.1) is 0 Å². The molecule has 0 unspecified atom stereocenters. The Bertz CT molecular complexity index is 654. The fourth-order valence-corrected chi connectivity index (χ4v) is 4.23. The fraction of sp³-hybridized carbons (Fsp3) is 0.619. The highest BCUT2D eigenvalue weighted by Crippen LogP contribution is 2.47. The van der Waals surface area contributed by atoms with E-state index in [1.165, 1.54) is 37.8 Å². The van der Waals surface area contributed by atoms with Crippen LogP contribution in [0.1, 0.15) is 57.8 Å². The minimum absolute atomic E-state index is 0.0770. The summed E-state index contributed by atoms with van der Waals surface area (Å²) in [5.41, 5.74) is 1.15. The highest BCUT2D eigenvalue weighted by molar-refractivity contribution is 6.13. The lowest BCUT2D eigenvalue weighted by molar-refractivity contribution is -0.134. The molecule has 1 aromatic rings. The zero-order chi connectivity index (χ0) is 18.0. The van der Waals surface area contributed by atoms with Crippen molar-refractivity contribution in [2.24, 2.45) is 5.41 Å². The molecule has 2 saturated carbocycles. The van der Waals surface area contributed by atoms with Crippen LogP contribution in [0.5, 0.6) is 0 Å². The number of piperidine rings is 1. The van der Waals surface area contributed by atoms with Crippen LogP contribution in [0.15, 0.2) is 24.3 Å². The Hall–Kier alpha value is -2.04. The Morgan fingerprint density at radius 2 is 1.54 bits per heavy atom. The molecule has 0 bridgehead atoms. The second-order valence-electron chi connectivity index (χ2n) is 8.09. The first kappa shape index (κ1) is 17.4. The standard InChI is InChI=1S/C21H29N3O2/c25-19(22-16-6-2-3-7-16)21(12-13-21)20(26)23-17-8-10-18(11-9-17)24-14-4-1-5-15-24/h8-11,16H,1-7,12-15H2,(H,22,25)(H,23,26). The van der Waals surface area contributed by atoms with Crippen LogP contribution in [-0.4, -0.2) is 30.9 Å². The highest BCUT2D eigenvalue weighted by Gasteiger charge is 2.56. The van der Waals surface area contributed by atoms with E-state index in [-0.39, 0.29) is 17.9 Å². The number of hydrogen-bond acceptors (Lipinski definition) is 3. The molecule has 0 atom stereocenters. The zero-order valence-corrected chi connectivity index (χ0v) is 15.4. The molecule has 2 amide bonds. The first-order valence-electron chi connectivity index (χ1n) is 10.1. The van der Waals surface area contributed by atoms with E-state index in [9.17, 15) is 9.59 Å². The van der Waals surface area contributed by atoms with E-state index in [2.05, 4.69) is 27.7 Å². The maximum Gasteiger partial charge on any atom is 0.240 e. The second-order valence-corrected chi connectivity index (χ2v) is 8.09. The van der Waals surface area contributed by atoms with Gasteiger partial charge >= 0.3 is 0 Å². The third-order valence-corrected chi connectivity index (χ3v) is 6.16. The number of hydrogen-bond donors (Lipinski definition) is 2. The van der Waals surface area contributed by atoms with Crippen molar-refractivity contribution < 1.29 is 9.59 Å². The number of amides is 2. The summed E-state index contributed by atoms with van der Waals surface area (Å²) >= 11 is 0. The molecular weight excluding hydrogens is 326 g/mol. The van der Waals surface area contributed by atoms with E-state index < -0.39 is 5.41 Å². The average molecular weight is 355 g/mol. The summed E-state index contributed by atoms with van der Waals surface area (Å²) in [5, 5.41) is 6.06. The number of benzene rings is 1. The molecule has 1 aromatic carbocycles. The predicted octanol–water partition coefficient (Wildman–Crippen LogP) is 3.45. The quantitative estimate of drug-likeness (QED) is 0.795. The van der Waals surface area contributed by atoms with Crippen LogP contribution in [0.4, 0.5) is 11.4 Å². The number of carbonyl (C=O) groups excluding carboxylic acids is 2. The van der Waals surface area contributed by atoms with Crippen molar-refractivity contribution in [2.75, 3.05) is 23.3 Å². The summed E-state index contributed by atoms with van der Waals surface area (Å²) in [4.78, 5) is 27.7. The number of rotatable bonds is 5. The summed E-state index contributed by atoms with van der Waals surface area (Å²) in [6.07, 6.45) is 9.56. The van der Waals surface area contributed by atoms with Crippen molar-refractivity contribution >= 4 is 23.2 Å². The number of carbonyl (C=O) groups is 2. The maximum absolute atomic E-state index is 12.7. The first-order valence-corrected chi connectivity index (χ1v) is 10.1. The molecule has 2 N–H and O–H groups in total. The molecule has 5 nitrogen and oxygen atoms in total. The van der Waals surface area contributed by atoms with E-state index in [1.54, 1.807) is 0 Å². The van der Waals surface area contributed by atoms with Crippen molar-refractivity contribution in [3.8, 4) is 0 Å². The van der Waals surface area contributed by atoms with Crippen LogP contribution >= 0.6 is 0 Å². The lowest BCUT2D eigenvalue weighted by Crippen LogP contribution is -2.43. The van der Waals surface area contributed by atoms with Gasteiger partial charge in [0, 0.05) is 30.5 Å². The molecule has 0 radical (unpaired) electrons. The largest absolute Gasteiger partial charge is 0.372 e.